The number of hydrogen-bond donors (Lipinski definition) is 3. The molecular formula is C16H25Cl2N3O2. The Morgan fingerprint density at radius 3 is 2.52 bits per heavy atom. The van der Waals surface area contributed by atoms with Gasteiger partial charge in [0.25, 0.3) is 0 Å². The van der Waals surface area contributed by atoms with Crippen molar-refractivity contribution >= 4 is 36.4 Å². The number of nitrogens with one attached hydrogen (secondary N) is 3. The quantitative estimate of drug-likeness (QED) is 0.753. The highest BCUT2D eigenvalue weighted by Crippen LogP contribution is 2.27. The summed E-state index contributed by atoms with van der Waals surface area (Å²) < 4.78 is 5.26. The molecule has 0 aliphatic carbocycles. The Morgan fingerprint density at radius 1 is 1.22 bits per heavy atom. The molecule has 2 aliphatic heterocycles. The molecule has 1 aromatic rings. The first-order valence-electron chi connectivity index (χ1n) is 7.67. The van der Waals surface area contributed by atoms with E-state index in [1.54, 1.807) is 7.11 Å². The van der Waals surface area contributed by atoms with Gasteiger partial charge in [-0.1, -0.05) is 12.1 Å². The maximum atomic E-state index is 12.1. The molecule has 7 heteroatoms. The number of ether oxygens (including phenoxy) is 1. The summed E-state index contributed by atoms with van der Waals surface area (Å²) in [6.07, 6.45) is 4.60. The van der Waals surface area contributed by atoms with Crippen LogP contribution < -0.4 is 20.7 Å². The number of amides is 1. The number of anilines is 1. The third-order valence-corrected chi connectivity index (χ3v) is 4.38. The Hall–Kier alpha value is -1.17. The summed E-state index contributed by atoms with van der Waals surface area (Å²) in [5.74, 6) is 0.803. The third-order valence-electron chi connectivity index (χ3n) is 4.38. The molecule has 5 nitrogen and oxygen atoms in total. The molecule has 2 saturated heterocycles. The van der Waals surface area contributed by atoms with Crippen LogP contribution in [-0.4, -0.2) is 37.7 Å². The number of halogens is 2. The summed E-state index contributed by atoms with van der Waals surface area (Å²) in [5.41, 5.74) is 0.848. The van der Waals surface area contributed by atoms with Gasteiger partial charge in [0.15, 0.2) is 0 Å². The molecule has 2 bridgehead atoms. The van der Waals surface area contributed by atoms with Gasteiger partial charge in [-0.15, -0.1) is 24.8 Å². The fourth-order valence-corrected chi connectivity index (χ4v) is 3.42. The lowest BCUT2D eigenvalue weighted by Gasteiger charge is -2.29. The van der Waals surface area contributed by atoms with Crippen molar-refractivity contribution in [1.82, 2.24) is 10.6 Å². The van der Waals surface area contributed by atoms with Crippen LogP contribution in [0.5, 0.6) is 5.75 Å². The zero-order valence-electron chi connectivity index (χ0n) is 13.2. The molecule has 0 saturated carbocycles. The SMILES string of the molecule is COc1ccccc1NCC(=O)NC1CC2CCC(C1)N2.Cl.Cl. The van der Waals surface area contributed by atoms with E-state index in [0.29, 0.717) is 18.1 Å². The number of carbonyl (C=O) groups is 1. The summed E-state index contributed by atoms with van der Waals surface area (Å²) in [6.45, 7) is 0.277. The average Bonchev–Trinajstić information content (AvgIpc) is 2.84. The minimum Gasteiger partial charge on any atom is -0.495 e. The van der Waals surface area contributed by atoms with Crippen molar-refractivity contribution in [3.05, 3.63) is 24.3 Å². The first kappa shape index (κ1) is 19.9. The number of fused-ring (bicyclic) bond motifs is 2. The van der Waals surface area contributed by atoms with Crippen molar-refractivity contribution in [3.8, 4) is 5.75 Å². The van der Waals surface area contributed by atoms with E-state index in [1.807, 2.05) is 24.3 Å². The van der Waals surface area contributed by atoms with Gasteiger partial charge in [0.05, 0.1) is 19.3 Å². The van der Waals surface area contributed by atoms with Gasteiger partial charge in [0.1, 0.15) is 5.75 Å². The molecule has 1 aromatic carbocycles. The third kappa shape index (κ3) is 5.16. The molecule has 2 fully saturated rings. The molecule has 0 spiro atoms. The summed E-state index contributed by atoms with van der Waals surface area (Å²) in [6, 6.07) is 9.13. The van der Waals surface area contributed by atoms with Crippen LogP contribution in [0, 0.1) is 0 Å². The van der Waals surface area contributed by atoms with E-state index in [9.17, 15) is 4.79 Å². The Bertz CT molecular complexity index is 504. The van der Waals surface area contributed by atoms with Crippen LogP contribution in [0.25, 0.3) is 0 Å². The number of para-hydroxylation sites is 2. The summed E-state index contributed by atoms with van der Waals surface area (Å²) in [4.78, 5) is 12.1. The molecule has 1 amide bonds. The minimum absolute atomic E-state index is 0. The first-order valence-corrected chi connectivity index (χ1v) is 7.67. The van der Waals surface area contributed by atoms with Crippen LogP contribution in [0.2, 0.25) is 0 Å². The van der Waals surface area contributed by atoms with E-state index in [4.69, 9.17) is 4.74 Å². The Morgan fingerprint density at radius 2 is 1.87 bits per heavy atom. The van der Waals surface area contributed by atoms with E-state index >= 15 is 0 Å². The highest BCUT2D eigenvalue weighted by Gasteiger charge is 2.33. The van der Waals surface area contributed by atoms with E-state index in [0.717, 1.165) is 24.3 Å². The predicted octanol–water partition coefficient (Wildman–Crippen LogP) is 2.35. The van der Waals surface area contributed by atoms with Gasteiger partial charge in [0, 0.05) is 18.1 Å². The molecular weight excluding hydrogens is 337 g/mol. The predicted molar refractivity (Wildman–Crippen MR) is 97.1 cm³/mol. The smallest absolute Gasteiger partial charge is 0.239 e. The highest BCUT2D eigenvalue weighted by atomic mass is 35.5. The van der Waals surface area contributed by atoms with Crippen molar-refractivity contribution in [2.75, 3.05) is 19.0 Å². The Labute approximate surface area is 149 Å². The first-order chi connectivity index (χ1) is 10.2. The van der Waals surface area contributed by atoms with Crippen LogP contribution in [0.4, 0.5) is 5.69 Å². The van der Waals surface area contributed by atoms with Crippen molar-refractivity contribution in [3.63, 3.8) is 0 Å². The highest BCUT2D eigenvalue weighted by molar-refractivity contribution is 5.85. The van der Waals surface area contributed by atoms with Gasteiger partial charge in [-0.3, -0.25) is 4.79 Å². The molecule has 2 atom stereocenters. The lowest BCUT2D eigenvalue weighted by molar-refractivity contribution is -0.120. The number of methoxy groups -OCH3 is 1. The second kappa shape index (κ2) is 9.21. The summed E-state index contributed by atoms with van der Waals surface area (Å²) in [7, 11) is 1.63. The van der Waals surface area contributed by atoms with Crippen LogP contribution in [0.1, 0.15) is 25.7 Å². The molecule has 3 rings (SSSR count). The van der Waals surface area contributed by atoms with Gasteiger partial charge < -0.3 is 20.7 Å². The van der Waals surface area contributed by atoms with Crippen molar-refractivity contribution in [2.24, 2.45) is 0 Å². The zero-order valence-corrected chi connectivity index (χ0v) is 14.8. The summed E-state index contributed by atoms with van der Waals surface area (Å²) >= 11 is 0. The number of piperidine rings is 1. The van der Waals surface area contributed by atoms with Gasteiger partial charge in [-0.25, -0.2) is 0 Å². The molecule has 2 heterocycles. The molecule has 130 valence electrons. The lowest BCUT2D eigenvalue weighted by atomic mass is 10.00. The molecule has 3 N–H and O–H groups in total. The lowest BCUT2D eigenvalue weighted by Crippen LogP contribution is -2.49. The van der Waals surface area contributed by atoms with E-state index in [-0.39, 0.29) is 37.3 Å². The number of hydrogen-bond acceptors (Lipinski definition) is 4. The zero-order chi connectivity index (χ0) is 14.7. The molecule has 2 unspecified atom stereocenters. The Kier molecular flexibility index (Phi) is 7.95. The fourth-order valence-electron chi connectivity index (χ4n) is 3.42. The summed E-state index contributed by atoms with van der Waals surface area (Å²) in [5, 5.41) is 9.87. The van der Waals surface area contributed by atoms with Gasteiger partial charge >= 0.3 is 0 Å². The standard InChI is InChI=1S/C16H23N3O2.2ClH/c1-21-15-5-3-2-4-14(15)17-10-16(20)19-13-8-11-6-7-12(9-13)18-11;;/h2-5,11-13,17-18H,6-10H2,1H3,(H,19,20);2*1H. The van der Waals surface area contributed by atoms with Crippen molar-refractivity contribution in [1.29, 1.82) is 0 Å². The van der Waals surface area contributed by atoms with Crippen LogP contribution in [0.3, 0.4) is 0 Å². The molecule has 0 radical (unpaired) electrons. The monoisotopic (exact) mass is 361 g/mol. The van der Waals surface area contributed by atoms with Crippen molar-refractivity contribution in [2.45, 2.75) is 43.8 Å². The largest absolute Gasteiger partial charge is 0.495 e. The molecule has 0 aromatic heterocycles. The van der Waals surface area contributed by atoms with Gasteiger partial charge in [-0.05, 0) is 37.8 Å². The van der Waals surface area contributed by atoms with Gasteiger partial charge in [0.2, 0.25) is 5.91 Å². The van der Waals surface area contributed by atoms with Crippen LogP contribution in [-0.2, 0) is 4.79 Å². The molecule has 23 heavy (non-hydrogen) atoms. The molecule has 2 aliphatic rings. The second-order valence-electron chi connectivity index (χ2n) is 5.93. The average molecular weight is 362 g/mol. The minimum atomic E-state index is 0. The van der Waals surface area contributed by atoms with Crippen LogP contribution >= 0.6 is 24.8 Å². The number of benzene rings is 1. The van der Waals surface area contributed by atoms with Crippen LogP contribution in [0.15, 0.2) is 24.3 Å². The van der Waals surface area contributed by atoms with E-state index in [1.165, 1.54) is 12.8 Å². The number of carbonyl (C=O) groups excluding carboxylic acids is 1. The normalized spacial score (nSPS) is 24.8. The maximum Gasteiger partial charge on any atom is 0.239 e. The van der Waals surface area contributed by atoms with Gasteiger partial charge in [-0.2, -0.15) is 0 Å². The maximum absolute atomic E-state index is 12.1. The van der Waals surface area contributed by atoms with Crippen molar-refractivity contribution < 1.29 is 9.53 Å². The van der Waals surface area contributed by atoms with E-state index < -0.39 is 0 Å². The number of rotatable bonds is 5. The fraction of sp³-hybridized carbons (Fsp3) is 0.562. The van der Waals surface area contributed by atoms with E-state index in [2.05, 4.69) is 16.0 Å². The Balaban J connectivity index is 0.00000132. The second-order valence-corrected chi connectivity index (χ2v) is 5.93. The topological polar surface area (TPSA) is 62.4 Å².